The first kappa shape index (κ1) is 26.5. The molecular formula is C23H31N5O6S. The Morgan fingerprint density at radius 1 is 1.26 bits per heavy atom. The van der Waals surface area contributed by atoms with Gasteiger partial charge in [-0.3, -0.25) is 14.4 Å². The smallest absolute Gasteiger partial charge is 0.328 e. The minimum atomic E-state index is -1.53. The summed E-state index contributed by atoms with van der Waals surface area (Å²) < 4.78 is 0. The van der Waals surface area contributed by atoms with E-state index in [1.165, 1.54) is 11.8 Å². The summed E-state index contributed by atoms with van der Waals surface area (Å²) in [5.41, 5.74) is 8.08. The highest BCUT2D eigenvalue weighted by atomic mass is 32.1. The molecule has 0 radical (unpaired) electrons. The Balaban J connectivity index is 1.64. The van der Waals surface area contributed by atoms with E-state index in [1.54, 1.807) is 0 Å². The first-order valence-electron chi connectivity index (χ1n) is 11.4. The monoisotopic (exact) mass is 505 g/mol. The van der Waals surface area contributed by atoms with Gasteiger partial charge < -0.3 is 36.5 Å². The number of aliphatic hydroxyl groups is 1. The lowest BCUT2D eigenvalue weighted by Crippen LogP contribution is -2.58. The largest absolute Gasteiger partial charge is 0.480 e. The molecule has 2 heterocycles. The third kappa shape index (κ3) is 6.13. The van der Waals surface area contributed by atoms with Crippen LogP contribution in [-0.4, -0.2) is 86.4 Å². The molecule has 1 saturated heterocycles. The van der Waals surface area contributed by atoms with E-state index in [-0.39, 0.29) is 11.7 Å². The number of fused-ring (bicyclic) bond motifs is 1. The molecule has 2 aromatic rings. The number of aromatic amines is 1. The number of carboxylic acids is 1. The highest BCUT2D eigenvalue weighted by molar-refractivity contribution is 7.80. The lowest BCUT2D eigenvalue weighted by Gasteiger charge is -2.28. The van der Waals surface area contributed by atoms with E-state index in [0.717, 1.165) is 16.5 Å². The number of aliphatic carboxylic acids is 1. The van der Waals surface area contributed by atoms with Crippen LogP contribution in [0.2, 0.25) is 0 Å². The Labute approximate surface area is 207 Å². The van der Waals surface area contributed by atoms with Crippen molar-refractivity contribution in [2.24, 2.45) is 5.73 Å². The van der Waals surface area contributed by atoms with Gasteiger partial charge in [-0.2, -0.15) is 12.6 Å². The van der Waals surface area contributed by atoms with Gasteiger partial charge in [-0.15, -0.1) is 0 Å². The second-order valence-electron chi connectivity index (χ2n) is 8.67. The molecule has 5 unspecified atom stereocenters. The fourth-order valence-corrected chi connectivity index (χ4v) is 4.50. The van der Waals surface area contributed by atoms with Crippen molar-refractivity contribution in [2.75, 3.05) is 12.3 Å². The first-order valence-corrected chi connectivity index (χ1v) is 12.0. The van der Waals surface area contributed by atoms with Gasteiger partial charge in [0.05, 0.1) is 12.1 Å². The van der Waals surface area contributed by atoms with Crippen molar-refractivity contribution in [1.29, 1.82) is 0 Å². The normalized spacial score (nSPS) is 19.1. The number of carbonyl (C=O) groups is 4. The molecule has 0 bridgehead atoms. The van der Waals surface area contributed by atoms with Gasteiger partial charge in [-0.05, 0) is 37.8 Å². The Morgan fingerprint density at radius 3 is 2.63 bits per heavy atom. The number of aromatic nitrogens is 1. The number of H-pyrrole nitrogens is 1. The van der Waals surface area contributed by atoms with Crippen LogP contribution in [0.3, 0.4) is 0 Å². The van der Waals surface area contributed by atoms with E-state index in [2.05, 4.69) is 28.2 Å². The van der Waals surface area contributed by atoms with Crippen molar-refractivity contribution in [3.05, 3.63) is 36.0 Å². The summed E-state index contributed by atoms with van der Waals surface area (Å²) in [5.74, 6) is -3.22. The fourth-order valence-electron chi connectivity index (χ4n) is 4.25. The van der Waals surface area contributed by atoms with Gasteiger partial charge in [0.15, 0.2) is 6.04 Å². The number of carbonyl (C=O) groups excluding carboxylic acids is 3. The minimum absolute atomic E-state index is 0.107. The Bertz CT molecular complexity index is 1090. The number of rotatable bonds is 10. The van der Waals surface area contributed by atoms with E-state index in [0.29, 0.717) is 25.8 Å². The average molecular weight is 506 g/mol. The third-order valence-electron chi connectivity index (χ3n) is 6.13. The molecule has 5 atom stereocenters. The molecule has 12 heteroatoms. The summed E-state index contributed by atoms with van der Waals surface area (Å²) in [6, 6.07) is 3.35. The van der Waals surface area contributed by atoms with Crippen LogP contribution in [0.1, 0.15) is 25.3 Å². The van der Waals surface area contributed by atoms with Crippen molar-refractivity contribution in [3.8, 4) is 0 Å². The first-order chi connectivity index (χ1) is 16.6. The number of amides is 3. The Kier molecular flexibility index (Phi) is 8.76. The number of thiol groups is 1. The van der Waals surface area contributed by atoms with Crippen LogP contribution in [0.5, 0.6) is 0 Å². The van der Waals surface area contributed by atoms with Gasteiger partial charge in [0.1, 0.15) is 12.1 Å². The summed E-state index contributed by atoms with van der Waals surface area (Å²) in [6.07, 6.45) is 1.79. The number of nitrogens with zero attached hydrogens (tertiary/aromatic N) is 1. The molecule has 3 rings (SSSR count). The standard InChI is InChI=1S/C23H31N5O6S/c1-12(29)19(23(33)34)27-20(30)17(11-35)26-21(31)18-7-4-8-28(18)22(32)15(24)9-13-10-25-16-6-3-2-5-14(13)16/h2-3,5-6,10,12,15,17-19,25,29,35H,4,7-9,11,24H2,1H3,(H,26,31)(H,27,30)(H,33,34). The lowest BCUT2D eigenvalue weighted by atomic mass is 10.0. The molecule has 0 aliphatic carbocycles. The van der Waals surface area contributed by atoms with Gasteiger partial charge in [-0.1, -0.05) is 18.2 Å². The number of nitrogens with two attached hydrogens (primary N) is 1. The highest BCUT2D eigenvalue weighted by Gasteiger charge is 2.38. The Morgan fingerprint density at radius 2 is 1.97 bits per heavy atom. The van der Waals surface area contributed by atoms with E-state index >= 15 is 0 Å². The number of nitrogens with one attached hydrogen (secondary N) is 3. The summed E-state index contributed by atoms with van der Waals surface area (Å²) in [6.45, 7) is 1.59. The minimum Gasteiger partial charge on any atom is -0.480 e. The molecule has 0 spiro atoms. The van der Waals surface area contributed by atoms with Crippen LogP contribution in [-0.2, 0) is 25.6 Å². The number of benzene rings is 1. The van der Waals surface area contributed by atoms with Crippen molar-refractivity contribution in [3.63, 3.8) is 0 Å². The number of carboxylic acid groups (broad SMARTS) is 1. The van der Waals surface area contributed by atoms with Crippen LogP contribution in [0.4, 0.5) is 0 Å². The molecule has 1 aliphatic heterocycles. The predicted molar refractivity (Wildman–Crippen MR) is 132 cm³/mol. The fraction of sp³-hybridized carbons (Fsp3) is 0.478. The predicted octanol–water partition coefficient (Wildman–Crippen LogP) is -0.606. The summed E-state index contributed by atoms with van der Waals surface area (Å²) in [4.78, 5) is 54.4. The van der Waals surface area contributed by atoms with Gasteiger partial charge in [0.25, 0.3) is 0 Å². The molecule has 0 saturated carbocycles. The summed E-state index contributed by atoms with van der Waals surface area (Å²) in [7, 11) is 0. The number of hydrogen-bond donors (Lipinski definition) is 7. The van der Waals surface area contributed by atoms with Crippen LogP contribution >= 0.6 is 12.6 Å². The number of aliphatic hydroxyl groups excluding tert-OH is 1. The maximum absolute atomic E-state index is 13.1. The molecule has 7 N–H and O–H groups in total. The maximum atomic E-state index is 13.1. The second-order valence-corrected chi connectivity index (χ2v) is 9.03. The molecule has 1 aromatic heterocycles. The molecule has 1 aromatic carbocycles. The van der Waals surface area contributed by atoms with E-state index in [9.17, 15) is 24.3 Å². The van der Waals surface area contributed by atoms with Crippen LogP contribution in [0.25, 0.3) is 10.9 Å². The quantitative estimate of drug-likeness (QED) is 0.211. The van der Waals surface area contributed by atoms with Gasteiger partial charge in [0.2, 0.25) is 17.7 Å². The van der Waals surface area contributed by atoms with Crippen LogP contribution < -0.4 is 16.4 Å². The van der Waals surface area contributed by atoms with E-state index < -0.39 is 48.1 Å². The molecule has 1 fully saturated rings. The zero-order valence-corrected chi connectivity index (χ0v) is 20.2. The third-order valence-corrected chi connectivity index (χ3v) is 6.50. The molecular weight excluding hydrogens is 474 g/mol. The molecule has 35 heavy (non-hydrogen) atoms. The SMILES string of the molecule is CC(O)C(NC(=O)C(CS)NC(=O)C1CCCN1C(=O)C(N)Cc1c[nH]c2ccccc12)C(=O)O. The summed E-state index contributed by atoms with van der Waals surface area (Å²) in [5, 5.41) is 24.5. The number of hydrogen-bond acceptors (Lipinski definition) is 7. The van der Waals surface area contributed by atoms with Crippen molar-refractivity contribution < 1.29 is 29.4 Å². The van der Waals surface area contributed by atoms with Crippen LogP contribution in [0.15, 0.2) is 30.5 Å². The lowest BCUT2D eigenvalue weighted by molar-refractivity contribution is -0.145. The van der Waals surface area contributed by atoms with Crippen molar-refractivity contribution >= 4 is 47.2 Å². The van der Waals surface area contributed by atoms with Gasteiger partial charge >= 0.3 is 5.97 Å². The van der Waals surface area contributed by atoms with Gasteiger partial charge in [0, 0.05) is 29.4 Å². The van der Waals surface area contributed by atoms with Crippen LogP contribution in [0, 0.1) is 0 Å². The van der Waals surface area contributed by atoms with Crippen molar-refractivity contribution in [1.82, 2.24) is 20.5 Å². The number of para-hydroxylation sites is 1. The Hall–Kier alpha value is -3.09. The zero-order chi connectivity index (χ0) is 25.7. The van der Waals surface area contributed by atoms with Gasteiger partial charge in [-0.25, -0.2) is 4.79 Å². The highest BCUT2D eigenvalue weighted by Crippen LogP contribution is 2.22. The van der Waals surface area contributed by atoms with E-state index in [4.69, 9.17) is 10.8 Å². The maximum Gasteiger partial charge on any atom is 0.328 e. The molecule has 3 amide bonds. The molecule has 190 valence electrons. The molecule has 11 nitrogen and oxygen atoms in total. The second kappa shape index (κ2) is 11.6. The van der Waals surface area contributed by atoms with Crippen molar-refractivity contribution in [2.45, 2.75) is 56.5 Å². The topological polar surface area (TPSA) is 178 Å². The molecule has 1 aliphatic rings. The van der Waals surface area contributed by atoms with E-state index in [1.807, 2.05) is 30.5 Å². The average Bonchev–Trinajstić information content (AvgIpc) is 3.47. The number of likely N-dealkylation sites (tertiary alicyclic amines) is 1. The zero-order valence-electron chi connectivity index (χ0n) is 19.3. The summed E-state index contributed by atoms with van der Waals surface area (Å²) >= 11 is 4.08.